The minimum Gasteiger partial charge on any atom is -0.477 e. The van der Waals surface area contributed by atoms with Crippen LogP contribution in [0.3, 0.4) is 0 Å². The third-order valence-corrected chi connectivity index (χ3v) is 5.98. The molecule has 0 saturated carbocycles. The summed E-state index contributed by atoms with van der Waals surface area (Å²) in [5.74, 6) is 0.640. The Kier molecular flexibility index (Phi) is 5.20. The second-order valence-electron chi connectivity index (χ2n) is 7.95. The van der Waals surface area contributed by atoms with Crippen LogP contribution in [0.2, 0.25) is 0 Å². The van der Waals surface area contributed by atoms with Gasteiger partial charge in [-0.05, 0) is 56.1 Å². The minimum absolute atomic E-state index is 0.623. The van der Waals surface area contributed by atoms with Gasteiger partial charge in [-0.2, -0.15) is 0 Å². The van der Waals surface area contributed by atoms with Crippen molar-refractivity contribution in [2.75, 3.05) is 20.2 Å². The molecule has 1 saturated heterocycles. The van der Waals surface area contributed by atoms with Crippen LogP contribution in [0.5, 0.6) is 5.88 Å². The van der Waals surface area contributed by atoms with Crippen LogP contribution >= 0.6 is 0 Å². The van der Waals surface area contributed by atoms with Crippen LogP contribution in [-0.4, -0.2) is 45.7 Å². The molecule has 1 fully saturated rings. The molecular formula is C25H26N4O. The highest BCUT2D eigenvalue weighted by atomic mass is 16.5. The van der Waals surface area contributed by atoms with Crippen molar-refractivity contribution in [2.24, 2.45) is 0 Å². The normalized spacial score (nSPS) is 16.9. The van der Waals surface area contributed by atoms with Crippen LogP contribution in [0, 0.1) is 0 Å². The largest absolute Gasteiger partial charge is 0.477 e. The minimum atomic E-state index is 0.623. The second kappa shape index (κ2) is 8.28. The van der Waals surface area contributed by atoms with E-state index < -0.39 is 0 Å². The fourth-order valence-corrected chi connectivity index (χ4v) is 4.26. The summed E-state index contributed by atoms with van der Waals surface area (Å²) in [5.41, 5.74) is 5.24. The zero-order chi connectivity index (χ0) is 20.3. The summed E-state index contributed by atoms with van der Waals surface area (Å²) in [5, 5.41) is 4.72. The highest BCUT2D eigenvalue weighted by Gasteiger charge is 2.20. The molecule has 0 aliphatic carbocycles. The predicted octanol–water partition coefficient (Wildman–Crippen LogP) is 4.93. The molecule has 4 aromatic rings. The van der Waals surface area contributed by atoms with E-state index in [2.05, 4.69) is 65.5 Å². The molecule has 3 heterocycles. The summed E-state index contributed by atoms with van der Waals surface area (Å²) in [6.07, 6.45) is 5.46. The van der Waals surface area contributed by atoms with Crippen molar-refractivity contribution in [2.45, 2.75) is 25.3 Å². The highest BCUT2D eigenvalue weighted by molar-refractivity contribution is 5.72. The summed E-state index contributed by atoms with van der Waals surface area (Å²) >= 11 is 0. The molecule has 0 N–H and O–H groups in total. The molecular weight excluding hydrogens is 372 g/mol. The first-order valence-electron chi connectivity index (χ1n) is 10.6. The van der Waals surface area contributed by atoms with Gasteiger partial charge in [-0.3, -0.25) is 0 Å². The Morgan fingerprint density at radius 2 is 1.80 bits per heavy atom. The van der Waals surface area contributed by atoms with Crippen molar-refractivity contribution < 1.29 is 4.74 Å². The average molecular weight is 399 g/mol. The van der Waals surface area contributed by atoms with Crippen molar-refractivity contribution in [3.05, 3.63) is 72.9 Å². The van der Waals surface area contributed by atoms with Gasteiger partial charge in [0.05, 0.1) is 18.5 Å². The number of nitrogens with zero attached hydrogens (tertiary/aromatic N) is 4. The maximum Gasteiger partial charge on any atom is 0.231 e. The number of rotatable bonds is 6. The van der Waals surface area contributed by atoms with Gasteiger partial charge < -0.3 is 9.64 Å². The van der Waals surface area contributed by atoms with E-state index in [4.69, 9.17) is 9.84 Å². The molecule has 1 unspecified atom stereocenters. The van der Waals surface area contributed by atoms with Gasteiger partial charge >= 0.3 is 0 Å². The third kappa shape index (κ3) is 3.81. The van der Waals surface area contributed by atoms with E-state index >= 15 is 0 Å². The second-order valence-corrected chi connectivity index (χ2v) is 7.95. The zero-order valence-corrected chi connectivity index (χ0v) is 17.2. The number of hydrogen-bond donors (Lipinski definition) is 0. The lowest BCUT2D eigenvalue weighted by Gasteiger charge is -2.19. The van der Waals surface area contributed by atoms with E-state index in [1.54, 1.807) is 0 Å². The SMILES string of the molecule is CN1CCCC1CCOc1ccc2ncc(-c3cccc(-c4ccccc4)c3)n2n1. The number of ether oxygens (including phenoxy) is 1. The molecule has 0 spiro atoms. The van der Waals surface area contributed by atoms with Crippen LogP contribution in [0.1, 0.15) is 19.3 Å². The topological polar surface area (TPSA) is 42.7 Å². The maximum atomic E-state index is 5.99. The molecule has 5 nitrogen and oxygen atoms in total. The van der Waals surface area contributed by atoms with Crippen LogP contribution in [0.25, 0.3) is 28.0 Å². The van der Waals surface area contributed by atoms with Gasteiger partial charge in [-0.25, -0.2) is 9.50 Å². The van der Waals surface area contributed by atoms with Gasteiger partial charge in [-0.1, -0.05) is 48.5 Å². The lowest BCUT2D eigenvalue weighted by atomic mass is 10.0. The smallest absolute Gasteiger partial charge is 0.231 e. The highest BCUT2D eigenvalue weighted by Crippen LogP contribution is 2.27. The van der Waals surface area contributed by atoms with E-state index in [9.17, 15) is 0 Å². The quantitative estimate of drug-likeness (QED) is 0.462. The third-order valence-electron chi connectivity index (χ3n) is 5.98. The van der Waals surface area contributed by atoms with E-state index in [0.717, 1.165) is 23.3 Å². The number of benzene rings is 2. The van der Waals surface area contributed by atoms with Gasteiger partial charge in [0, 0.05) is 17.7 Å². The van der Waals surface area contributed by atoms with Crippen LogP contribution < -0.4 is 4.74 Å². The predicted molar refractivity (Wildman–Crippen MR) is 120 cm³/mol. The maximum absolute atomic E-state index is 5.99. The average Bonchev–Trinajstić information content (AvgIpc) is 3.40. The molecule has 1 aliphatic rings. The first-order valence-corrected chi connectivity index (χ1v) is 10.6. The van der Waals surface area contributed by atoms with Crippen molar-refractivity contribution in [3.8, 4) is 28.3 Å². The van der Waals surface area contributed by atoms with Crippen LogP contribution in [0.15, 0.2) is 72.9 Å². The molecule has 2 aromatic heterocycles. The van der Waals surface area contributed by atoms with E-state index in [0.29, 0.717) is 18.5 Å². The summed E-state index contributed by atoms with van der Waals surface area (Å²) in [7, 11) is 2.20. The molecule has 152 valence electrons. The molecule has 0 amide bonds. The fourth-order valence-electron chi connectivity index (χ4n) is 4.26. The molecule has 2 aromatic carbocycles. The molecule has 0 radical (unpaired) electrons. The van der Waals surface area contributed by atoms with Gasteiger partial charge in [0.15, 0.2) is 5.65 Å². The lowest BCUT2D eigenvalue weighted by molar-refractivity contribution is 0.227. The summed E-state index contributed by atoms with van der Waals surface area (Å²) in [6.45, 7) is 1.87. The Labute approximate surface area is 176 Å². The molecule has 5 heteroatoms. The van der Waals surface area contributed by atoms with Crippen molar-refractivity contribution in [1.29, 1.82) is 0 Å². The Hall–Kier alpha value is -3.18. The van der Waals surface area contributed by atoms with Crippen molar-refractivity contribution in [1.82, 2.24) is 19.5 Å². The van der Waals surface area contributed by atoms with Crippen molar-refractivity contribution >= 4 is 5.65 Å². The Bertz CT molecular complexity index is 1140. The molecule has 1 aliphatic heterocycles. The van der Waals surface area contributed by atoms with Gasteiger partial charge in [-0.15, -0.1) is 5.10 Å². The van der Waals surface area contributed by atoms with E-state index in [-0.39, 0.29) is 0 Å². The molecule has 30 heavy (non-hydrogen) atoms. The van der Waals surface area contributed by atoms with Gasteiger partial charge in [0.2, 0.25) is 5.88 Å². The van der Waals surface area contributed by atoms with E-state index in [1.807, 2.05) is 28.9 Å². The number of imidazole rings is 1. The summed E-state index contributed by atoms with van der Waals surface area (Å²) < 4.78 is 7.87. The first-order chi connectivity index (χ1) is 14.8. The van der Waals surface area contributed by atoms with E-state index in [1.165, 1.54) is 30.5 Å². The molecule has 5 rings (SSSR count). The molecule has 1 atom stereocenters. The Morgan fingerprint density at radius 1 is 0.967 bits per heavy atom. The number of aromatic nitrogens is 3. The molecule has 0 bridgehead atoms. The Morgan fingerprint density at radius 3 is 2.63 bits per heavy atom. The Balaban J connectivity index is 1.38. The number of fused-ring (bicyclic) bond motifs is 1. The van der Waals surface area contributed by atoms with Crippen molar-refractivity contribution in [3.63, 3.8) is 0 Å². The fraction of sp³-hybridized carbons (Fsp3) is 0.280. The lowest BCUT2D eigenvalue weighted by Crippen LogP contribution is -2.26. The zero-order valence-electron chi connectivity index (χ0n) is 17.2. The van der Waals surface area contributed by atoms with Crippen LogP contribution in [0.4, 0.5) is 0 Å². The summed E-state index contributed by atoms with van der Waals surface area (Å²) in [4.78, 5) is 6.95. The van der Waals surface area contributed by atoms with Gasteiger partial charge in [0.1, 0.15) is 0 Å². The standard InChI is InChI=1S/C25H26N4O/c1-28-15-6-11-22(28)14-16-30-25-13-12-24-26-18-23(29(24)27-25)21-10-5-9-20(17-21)19-7-3-2-4-8-19/h2-5,7-10,12-13,17-18,22H,6,11,14-16H2,1H3. The number of likely N-dealkylation sites (tertiary alicyclic amines) is 1. The van der Waals surface area contributed by atoms with Crippen LogP contribution in [-0.2, 0) is 0 Å². The summed E-state index contributed by atoms with van der Waals surface area (Å²) in [6, 6.07) is 23.4. The van der Waals surface area contributed by atoms with Gasteiger partial charge in [0.25, 0.3) is 0 Å². The number of hydrogen-bond acceptors (Lipinski definition) is 4. The monoisotopic (exact) mass is 398 g/mol. The first kappa shape index (κ1) is 18.8.